The van der Waals surface area contributed by atoms with Crippen molar-refractivity contribution in [2.45, 2.75) is 78.3 Å². The molecule has 1 saturated carbocycles. The van der Waals surface area contributed by atoms with Crippen LogP contribution in [0.5, 0.6) is 0 Å². The van der Waals surface area contributed by atoms with Gasteiger partial charge in [0.1, 0.15) is 12.3 Å². The SMILES string of the molecule is CCOC(=O)c1[nH]c(COC(=O)c2cccc(S(=O)(=O)N3CC4(C)CC3CC(C)(C)C4)c2)c(C(=O)OCC)c1C. The molecule has 4 rings (SSSR count). The number of rotatable bonds is 9. The second kappa shape index (κ2) is 11.0. The summed E-state index contributed by atoms with van der Waals surface area (Å²) in [6, 6.07) is 5.72. The number of ether oxygens (including phenoxy) is 3. The molecular formula is C29H38N2O8S. The molecule has 2 aliphatic rings. The normalized spacial score (nSPS) is 22.1. The predicted molar refractivity (Wildman–Crippen MR) is 146 cm³/mol. The van der Waals surface area contributed by atoms with Gasteiger partial charge in [0.25, 0.3) is 0 Å². The molecule has 11 heteroatoms. The van der Waals surface area contributed by atoms with Gasteiger partial charge in [0.05, 0.1) is 34.9 Å². The number of hydrogen-bond acceptors (Lipinski definition) is 8. The Hall–Kier alpha value is -3.18. The van der Waals surface area contributed by atoms with Crippen molar-refractivity contribution < 1.29 is 37.0 Å². The molecule has 2 unspecified atom stereocenters. The first-order chi connectivity index (χ1) is 18.7. The lowest BCUT2D eigenvalue weighted by Gasteiger charge is -2.39. The number of sulfonamides is 1. The van der Waals surface area contributed by atoms with E-state index in [4.69, 9.17) is 14.2 Å². The number of nitrogens with one attached hydrogen (secondary N) is 1. The number of esters is 3. The lowest BCUT2D eigenvalue weighted by Crippen LogP contribution is -2.37. The summed E-state index contributed by atoms with van der Waals surface area (Å²) < 4.78 is 44.6. The van der Waals surface area contributed by atoms with Crippen molar-refractivity contribution in [3.05, 3.63) is 52.3 Å². The van der Waals surface area contributed by atoms with Crippen LogP contribution >= 0.6 is 0 Å². The number of nitrogens with zero attached hydrogens (tertiary/aromatic N) is 1. The molecule has 2 atom stereocenters. The van der Waals surface area contributed by atoms with Gasteiger partial charge in [-0.2, -0.15) is 4.31 Å². The van der Waals surface area contributed by atoms with Crippen molar-refractivity contribution in [2.75, 3.05) is 19.8 Å². The van der Waals surface area contributed by atoms with Gasteiger partial charge in [0.15, 0.2) is 0 Å². The van der Waals surface area contributed by atoms with E-state index in [1.807, 2.05) is 0 Å². The largest absolute Gasteiger partial charge is 0.462 e. The number of carbonyl (C=O) groups is 3. The third kappa shape index (κ3) is 5.81. The minimum absolute atomic E-state index is 0.0310. The van der Waals surface area contributed by atoms with Crippen LogP contribution in [0.2, 0.25) is 0 Å². The lowest BCUT2D eigenvalue weighted by molar-refractivity contribution is 0.0445. The molecular weight excluding hydrogens is 536 g/mol. The molecule has 1 saturated heterocycles. The summed E-state index contributed by atoms with van der Waals surface area (Å²) in [4.78, 5) is 40.9. The Balaban J connectivity index is 1.55. The maximum atomic E-state index is 13.7. The first kappa shape index (κ1) is 29.8. The fraction of sp³-hybridized carbons (Fsp3) is 0.552. The van der Waals surface area contributed by atoms with Crippen LogP contribution in [0.15, 0.2) is 29.2 Å². The summed E-state index contributed by atoms with van der Waals surface area (Å²) in [6.07, 6.45) is 2.57. The summed E-state index contributed by atoms with van der Waals surface area (Å²) in [6.45, 7) is 11.7. The van der Waals surface area contributed by atoms with E-state index in [-0.39, 0.29) is 64.1 Å². The minimum Gasteiger partial charge on any atom is -0.462 e. The zero-order chi connectivity index (χ0) is 29.5. The maximum absolute atomic E-state index is 13.7. The smallest absolute Gasteiger partial charge is 0.355 e. The number of benzene rings is 1. The van der Waals surface area contributed by atoms with E-state index < -0.39 is 27.9 Å². The predicted octanol–water partition coefficient (Wildman–Crippen LogP) is 4.62. The highest BCUT2D eigenvalue weighted by Gasteiger charge is 2.53. The Morgan fingerprint density at radius 1 is 1.00 bits per heavy atom. The van der Waals surface area contributed by atoms with Gasteiger partial charge in [-0.3, -0.25) is 0 Å². The van der Waals surface area contributed by atoms with Crippen LogP contribution in [-0.2, 0) is 30.8 Å². The van der Waals surface area contributed by atoms with Crippen molar-refractivity contribution in [1.29, 1.82) is 0 Å². The van der Waals surface area contributed by atoms with Gasteiger partial charge in [-0.05, 0) is 74.6 Å². The summed E-state index contributed by atoms with van der Waals surface area (Å²) in [5.41, 5.74) is 0.687. The number of H-pyrrole nitrogens is 1. The third-order valence-corrected chi connectivity index (χ3v) is 9.57. The van der Waals surface area contributed by atoms with Crippen molar-refractivity contribution in [3.8, 4) is 0 Å². The van der Waals surface area contributed by atoms with Crippen LogP contribution in [0.1, 0.15) is 96.3 Å². The minimum atomic E-state index is -3.84. The Kier molecular flexibility index (Phi) is 8.20. The number of fused-ring (bicyclic) bond motifs is 2. The third-order valence-electron chi connectivity index (χ3n) is 7.68. The monoisotopic (exact) mass is 574 g/mol. The van der Waals surface area contributed by atoms with Crippen LogP contribution in [0, 0.1) is 17.8 Å². The van der Waals surface area contributed by atoms with Crippen LogP contribution in [0.25, 0.3) is 0 Å². The molecule has 0 spiro atoms. The number of hydrogen-bond donors (Lipinski definition) is 1. The molecule has 1 aliphatic carbocycles. The van der Waals surface area contributed by atoms with Crippen molar-refractivity contribution in [3.63, 3.8) is 0 Å². The standard InChI is InChI=1S/C29H38N2O8S/c1-7-37-26(33)23-18(3)24(27(34)38-8-2)30-22(23)15-39-25(32)19-10-9-11-21(12-19)40(35,36)31-17-29(6)14-20(31)13-28(4,5)16-29/h9-12,20,30H,7-8,13-17H2,1-6H3. The first-order valence-electron chi connectivity index (χ1n) is 13.6. The highest BCUT2D eigenvalue weighted by Crippen LogP contribution is 2.53. The zero-order valence-electron chi connectivity index (χ0n) is 24.0. The summed E-state index contributed by atoms with van der Waals surface area (Å²) in [5.74, 6) is -2.09. The number of aromatic amines is 1. The number of aromatic nitrogens is 1. The summed E-state index contributed by atoms with van der Waals surface area (Å²) >= 11 is 0. The van der Waals surface area contributed by atoms with Crippen molar-refractivity contribution >= 4 is 27.9 Å². The molecule has 1 aliphatic heterocycles. The average molecular weight is 575 g/mol. The molecule has 218 valence electrons. The maximum Gasteiger partial charge on any atom is 0.355 e. The van der Waals surface area contributed by atoms with E-state index >= 15 is 0 Å². The molecule has 40 heavy (non-hydrogen) atoms. The second-order valence-corrected chi connectivity index (χ2v) is 13.7. The molecule has 2 bridgehead atoms. The van der Waals surface area contributed by atoms with E-state index in [1.165, 1.54) is 24.3 Å². The van der Waals surface area contributed by atoms with E-state index in [9.17, 15) is 22.8 Å². The van der Waals surface area contributed by atoms with Gasteiger partial charge in [-0.15, -0.1) is 0 Å². The van der Waals surface area contributed by atoms with Gasteiger partial charge in [-0.25, -0.2) is 22.8 Å². The molecule has 2 heterocycles. The highest BCUT2D eigenvalue weighted by atomic mass is 32.2. The second-order valence-electron chi connectivity index (χ2n) is 11.8. The van der Waals surface area contributed by atoms with Gasteiger partial charge in [0, 0.05) is 12.6 Å². The molecule has 1 aromatic heterocycles. The molecule has 0 radical (unpaired) electrons. The topological polar surface area (TPSA) is 132 Å². The lowest BCUT2D eigenvalue weighted by atomic mass is 9.65. The zero-order valence-corrected chi connectivity index (χ0v) is 24.8. The highest BCUT2D eigenvalue weighted by molar-refractivity contribution is 7.89. The van der Waals surface area contributed by atoms with Crippen LogP contribution in [0.4, 0.5) is 0 Å². The Morgan fingerprint density at radius 3 is 2.35 bits per heavy atom. The van der Waals surface area contributed by atoms with Crippen LogP contribution in [0.3, 0.4) is 0 Å². The van der Waals surface area contributed by atoms with Gasteiger partial charge in [-0.1, -0.05) is 26.8 Å². The number of carbonyl (C=O) groups excluding carboxylic acids is 3. The Labute approximate surface area is 235 Å². The van der Waals surface area contributed by atoms with Crippen LogP contribution in [-0.4, -0.2) is 61.4 Å². The summed E-state index contributed by atoms with van der Waals surface area (Å²) in [7, 11) is -3.84. The van der Waals surface area contributed by atoms with Gasteiger partial charge >= 0.3 is 17.9 Å². The van der Waals surface area contributed by atoms with E-state index in [0.29, 0.717) is 12.1 Å². The Bertz CT molecular complexity index is 1430. The van der Waals surface area contributed by atoms with Gasteiger partial charge in [0.2, 0.25) is 10.0 Å². The molecule has 0 amide bonds. The van der Waals surface area contributed by atoms with Crippen molar-refractivity contribution in [2.24, 2.45) is 10.8 Å². The van der Waals surface area contributed by atoms with Crippen LogP contribution < -0.4 is 0 Å². The quantitative estimate of drug-likeness (QED) is 0.339. The molecule has 2 fully saturated rings. The molecule has 1 N–H and O–H groups in total. The van der Waals surface area contributed by atoms with E-state index in [2.05, 4.69) is 25.8 Å². The first-order valence-corrected chi connectivity index (χ1v) is 15.0. The molecule has 10 nitrogen and oxygen atoms in total. The van der Waals surface area contributed by atoms with E-state index in [1.54, 1.807) is 25.1 Å². The molecule has 1 aromatic carbocycles. The van der Waals surface area contributed by atoms with E-state index in [0.717, 1.165) is 19.3 Å². The average Bonchev–Trinajstić information content (AvgIpc) is 3.34. The fourth-order valence-electron chi connectivity index (χ4n) is 6.48. The fourth-order valence-corrected chi connectivity index (χ4v) is 8.30. The molecule has 2 aromatic rings. The van der Waals surface area contributed by atoms with Gasteiger partial charge < -0.3 is 19.2 Å². The Morgan fingerprint density at radius 2 is 1.68 bits per heavy atom. The summed E-state index contributed by atoms with van der Waals surface area (Å²) in [5, 5.41) is 0. The van der Waals surface area contributed by atoms with Crippen molar-refractivity contribution in [1.82, 2.24) is 9.29 Å².